The lowest BCUT2D eigenvalue weighted by molar-refractivity contribution is -0.122. The maximum atomic E-state index is 12.3. The van der Waals surface area contributed by atoms with Crippen LogP contribution in [0.3, 0.4) is 0 Å². The van der Waals surface area contributed by atoms with Gasteiger partial charge in [0.1, 0.15) is 0 Å². The van der Waals surface area contributed by atoms with E-state index in [1.807, 2.05) is 31.2 Å². The van der Waals surface area contributed by atoms with E-state index >= 15 is 0 Å². The molecule has 2 amide bonds. The molecule has 0 bridgehead atoms. The van der Waals surface area contributed by atoms with Gasteiger partial charge in [0.25, 0.3) is 0 Å². The molecule has 0 aromatic heterocycles. The Hall–Kier alpha value is -2.04. The van der Waals surface area contributed by atoms with E-state index < -0.39 is 0 Å². The van der Waals surface area contributed by atoms with Crippen LogP contribution in [0.25, 0.3) is 0 Å². The number of rotatable bonds is 6. The number of carbonyl (C=O) groups excluding carboxylic acids is 2. The second-order valence-electron chi connectivity index (χ2n) is 5.88. The number of halogens is 2. The van der Waals surface area contributed by atoms with Gasteiger partial charge in [0.05, 0.1) is 12.5 Å². The molecular weight excluding hydrogens is 359 g/mol. The summed E-state index contributed by atoms with van der Waals surface area (Å²) in [6, 6.07) is 12.5. The van der Waals surface area contributed by atoms with Crippen molar-refractivity contribution in [2.24, 2.45) is 0 Å². The van der Waals surface area contributed by atoms with Crippen LogP contribution in [-0.4, -0.2) is 11.8 Å². The van der Waals surface area contributed by atoms with Gasteiger partial charge < -0.3 is 10.6 Å². The summed E-state index contributed by atoms with van der Waals surface area (Å²) in [6.07, 6.45) is 0.147. The molecule has 0 saturated heterocycles. The van der Waals surface area contributed by atoms with Crippen LogP contribution in [-0.2, 0) is 16.1 Å². The number of hydrogen-bond donors (Lipinski definition) is 2. The smallest absolute Gasteiger partial charge is 0.222 e. The van der Waals surface area contributed by atoms with E-state index in [2.05, 4.69) is 10.6 Å². The third-order valence-electron chi connectivity index (χ3n) is 3.74. The number of nitrogens with one attached hydrogen (secondary N) is 2. The average molecular weight is 379 g/mol. The highest BCUT2D eigenvalue weighted by molar-refractivity contribution is 6.35. The van der Waals surface area contributed by atoms with Gasteiger partial charge in [-0.1, -0.05) is 59.1 Å². The van der Waals surface area contributed by atoms with Crippen LogP contribution in [0.15, 0.2) is 42.5 Å². The molecule has 4 nitrogen and oxygen atoms in total. The summed E-state index contributed by atoms with van der Waals surface area (Å²) in [5.41, 5.74) is 2.79. The number of benzene rings is 2. The van der Waals surface area contributed by atoms with Crippen molar-refractivity contribution in [3.05, 3.63) is 69.2 Å². The van der Waals surface area contributed by atoms with Crippen molar-refractivity contribution in [2.45, 2.75) is 32.9 Å². The zero-order valence-corrected chi connectivity index (χ0v) is 15.6. The van der Waals surface area contributed by atoms with E-state index in [9.17, 15) is 9.59 Å². The fraction of sp³-hybridized carbons (Fsp3) is 0.263. The predicted octanol–water partition coefficient (Wildman–Crippen LogP) is 4.19. The molecule has 2 aromatic rings. The first-order valence-electron chi connectivity index (χ1n) is 7.89. The summed E-state index contributed by atoms with van der Waals surface area (Å²) >= 11 is 12.0. The lowest BCUT2D eigenvalue weighted by atomic mass is 10.0. The van der Waals surface area contributed by atoms with Crippen LogP contribution < -0.4 is 10.6 Å². The maximum Gasteiger partial charge on any atom is 0.222 e. The van der Waals surface area contributed by atoms with E-state index in [0.29, 0.717) is 16.6 Å². The standard InChI is InChI=1S/C19H20Cl2N2O2/c1-12-3-5-14(6-4-12)18(23-13(2)24)10-19(25)22-11-15-7-8-16(20)9-17(15)21/h3-9,18H,10-11H2,1-2H3,(H,22,25)(H,23,24). The first kappa shape index (κ1) is 19.3. The maximum absolute atomic E-state index is 12.3. The van der Waals surface area contributed by atoms with Crippen molar-refractivity contribution in [1.82, 2.24) is 10.6 Å². The van der Waals surface area contributed by atoms with Crippen LogP contribution in [0, 0.1) is 6.92 Å². The molecule has 0 spiro atoms. The van der Waals surface area contributed by atoms with Crippen LogP contribution >= 0.6 is 23.2 Å². The minimum Gasteiger partial charge on any atom is -0.352 e. The summed E-state index contributed by atoms with van der Waals surface area (Å²) < 4.78 is 0. The van der Waals surface area contributed by atoms with Gasteiger partial charge in [-0.2, -0.15) is 0 Å². The minimum atomic E-state index is -0.376. The fourth-order valence-corrected chi connectivity index (χ4v) is 2.89. The third-order valence-corrected chi connectivity index (χ3v) is 4.32. The summed E-state index contributed by atoms with van der Waals surface area (Å²) in [7, 11) is 0. The molecule has 1 atom stereocenters. The van der Waals surface area contributed by atoms with E-state index in [4.69, 9.17) is 23.2 Å². The molecule has 25 heavy (non-hydrogen) atoms. The normalized spacial score (nSPS) is 11.7. The van der Waals surface area contributed by atoms with Gasteiger partial charge in [-0.3, -0.25) is 9.59 Å². The molecule has 2 rings (SSSR count). The average Bonchev–Trinajstić information content (AvgIpc) is 2.53. The van der Waals surface area contributed by atoms with Crippen LogP contribution in [0.2, 0.25) is 10.0 Å². The Balaban J connectivity index is 2.01. The zero-order valence-electron chi connectivity index (χ0n) is 14.1. The van der Waals surface area contributed by atoms with E-state index in [1.54, 1.807) is 18.2 Å². The van der Waals surface area contributed by atoms with Gasteiger partial charge in [0.2, 0.25) is 11.8 Å². The van der Waals surface area contributed by atoms with Gasteiger partial charge in [-0.05, 0) is 30.2 Å². The van der Waals surface area contributed by atoms with Gasteiger partial charge in [-0.25, -0.2) is 0 Å². The highest BCUT2D eigenvalue weighted by atomic mass is 35.5. The van der Waals surface area contributed by atoms with Crippen LogP contribution in [0.5, 0.6) is 0 Å². The van der Waals surface area contributed by atoms with Crippen molar-refractivity contribution in [1.29, 1.82) is 0 Å². The second kappa shape index (κ2) is 8.88. The van der Waals surface area contributed by atoms with Gasteiger partial charge in [0.15, 0.2) is 0 Å². The van der Waals surface area contributed by atoms with Crippen molar-refractivity contribution in [3.63, 3.8) is 0 Å². The molecule has 132 valence electrons. The lowest BCUT2D eigenvalue weighted by Gasteiger charge is -2.18. The molecule has 6 heteroatoms. The fourth-order valence-electron chi connectivity index (χ4n) is 2.41. The SMILES string of the molecule is CC(=O)NC(CC(=O)NCc1ccc(Cl)cc1Cl)c1ccc(C)cc1. The minimum absolute atomic E-state index is 0.147. The third kappa shape index (κ3) is 6.07. The van der Waals surface area contributed by atoms with Gasteiger partial charge in [-0.15, -0.1) is 0 Å². The van der Waals surface area contributed by atoms with Crippen LogP contribution in [0.4, 0.5) is 0 Å². The number of hydrogen-bond acceptors (Lipinski definition) is 2. The first-order chi connectivity index (χ1) is 11.8. The van der Waals surface area contributed by atoms with Crippen molar-refractivity contribution < 1.29 is 9.59 Å². The topological polar surface area (TPSA) is 58.2 Å². The first-order valence-corrected chi connectivity index (χ1v) is 8.65. The predicted molar refractivity (Wildman–Crippen MR) is 101 cm³/mol. The number of aryl methyl sites for hydroxylation is 1. The monoisotopic (exact) mass is 378 g/mol. The molecule has 0 fully saturated rings. The molecule has 0 aliphatic heterocycles. The Morgan fingerprint density at radius 2 is 1.76 bits per heavy atom. The van der Waals surface area contributed by atoms with Crippen LogP contribution in [0.1, 0.15) is 36.1 Å². The molecular formula is C19H20Cl2N2O2. The van der Waals surface area contributed by atoms with Crippen molar-refractivity contribution in [3.8, 4) is 0 Å². The van der Waals surface area contributed by atoms with E-state index in [1.165, 1.54) is 6.92 Å². The Morgan fingerprint density at radius 3 is 2.36 bits per heavy atom. The Labute approximate surface area is 157 Å². The molecule has 0 radical (unpaired) electrons. The molecule has 0 saturated carbocycles. The summed E-state index contributed by atoms with van der Waals surface area (Å²) in [4.78, 5) is 23.8. The second-order valence-corrected chi connectivity index (χ2v) is 6.72. The Morgan fingerprint density at radius 1 is 1.08 bits per heavy atom. The Kier molecular flexibility index (Phi) is 6.85. The van der Waals surface area contributed by atoms with Crippen molar-refractivity contribution in [2.75, 3.05) is 0 Å². The van der Waals surface area contributed by atoms with E-state index in [0.717, 1.165) is 16.7 Å². The highest BCUT2D eigenvalue weighted by Crippen LogP contribution is 2.21. The molecule has 0 heterocycles. The van der Waals surface area contributed by atoms with E-state index in [-0.39, 0.29) is 24.3 Å². The van der Waals surface area contributed by atoms with Gasteiger partial charge >= 0.3 is 0 Å². The highest BCUT2D eigenvalue weighted by Gasteiger charge is 2.17. The molecule has 0 aliphatic carbocycles. The van der Waals surface area contributed by atoms with Gasteiger partial charge in [0, 0.05) is 23.5 Å². The van der Waals surface area contributed by atoms with Crippen molar-refractivity contribution >= 4 is 35.0 Å². The molecule has 2 aromatic carbocycles. The summed E-state index contributed by atoms with van der Waals surface area (Å²) in [6.45, 7) is 3.72. The Bertz CT molecular complexity index is 761. The number of carbonyl (C=O) groups is 2. The summed E-state index contributed by atoms with van der Waals surface area (Å²) in [5.74, 6) is -0.357. The molecule has 1 unspecified atom stereocenters. The summed E-state index contributed by atoms with van der Waals surface area (Å²) in [5, 5.41) is 6.70. The molecule has 0 aliphatic rings. The zero-order chi connectivity index (χ0) is 18.4. The molecule has 2 N–H and O–H groups in total. The largest absolute Gasteiger partial charge is 0.352 e. The lowest BCUT2D eigenvalue weighted by Crippen LogP contribution is -2.32. The quantitative estimate of drug-likeness (QED) is 0.791. The number of amides is 2.